The highest BCUT2D eigenvalue weighted by molar-refractivity contribution is 8.00. The molecule has 1 saturated heterocycles. The molecule has 0 aliphatic carbocycles. The number of rotatable bonds is 5. The number of carbonyl (C=O) groups is 2. The fourth-order valence-electron chi connectivity index (χ4n) is 2.87. The molecule has 1 heterocycles. The minimum Gasteiger partial charge on any atom is -0.481 e. The molecule has 1 aliphatic heterocycles. The molecule has 1 aliphatic rings. The van der Waals surface area contributed by atoms with Gasteiger partial charge in [0.15, 0.2) is 0 Å². The van der Waals surface area contributed by atoms with Crippen LogP contribution < -0.4 is 0 Å². The van der Waals surface area contributed by atoms with Gasteiger partial charge in [-0.15, -0.1) is 11.8 Å². The molecule has 3 unspecified atom stereocenters. The summed E-state index contributed by atoms with van der Waals surface area (Å²) in [5, 5.41) is 19.5. The number of non-ortho nitro benzene ring substituents is 1. The number of hydrogen-bond donors (Lipinski definition) is 1. The van der Waals surface area contributed by atoms with Crippen molar-refractivity contribution >= 4 is 29.3 Å². The predicted octanol–water partition coefficient (Wildman–Crippen LogP) is 2.64. The zero-order valence-corrected chi connectivity index (χ0v) is 14.4. The number of amides is 1. The van der Waals surface area contributed by atoms with Crippen LogP contribution in [0.3, 0.4) is 0 Å². The average Bonchev–Trinajstić information content (AvgIpc) is 2.53. The van der Waals surface area contributed by atoms with Gasteiger partial charge in [0, 0.05) is 30.1 Å². The molecule has 1 fully saturated rings. The molecule has 1 N–H and O–H groups in total. The fraction of sp³-hybridized carbons (Fsp3) is 0.500. The first-order valence-electron chi connectivity index (χ1n) is 7.70. The lowest BCUT2D eigenvalue weighted by molar-refractivity contribution is -0.384. The number of carboxylic acid groups (broad SMARTS) is 1. The van der Waals surface area contributed by atoms with E-state index in [1.807, 2.05) is 6.92 Å². The zero-order valence-electron chi connectivity index (χ0n) is 13.5. The van der Waals surface area contributed by atoms with Gasteiger partial charge in [-0.1, -0.05) is 6.92 Å². The van der Waals surface area contributed by atoms with Crippen molar-refractivity contribution < 1.29 is 19.6 Å². The Bertz CT molecular complexity index is 634. The van der Waals surface area contributed by atoms with Crippen molar-refractivity contribution in [1.82, 2.24) is 4.90 Å². The third-order valence-electron chi connectivity index (χ3n) is 4.03. The molecule has 0 radical (unpaired) electrons. The fourth-order valence-corrected chi connectivity index (χ4v) is 3.82. The van der Waals surface area contributed by atoms with E-state index in [1.165, 1.54) is 23.9 Å². The Kier molecular flexibility index (Phi) is 5.82. The minimum absolute atomic E-state index is 0.00693. The molecule has 1 aromatic rings. The molecule has 2 rings (SSSR count). The van der Waals surface area contributed by atoms with E-state index in [9.17, 15) is 24.8 Å². The number of thioether (sulfide) groups is 1. The molecular weight excluding hydrogens is 332 g/mol. The van der Waals surface area contributed by atoms with Crippen LogP contribution in [-0.2, 0) is 9.59 Å². The van der Waals surface area contributed by atoms with Crippen LogP contribution in [-0.4, -0.2) is 45.1 Å². The molecule has 0 saturated carbocycles. The predicted molar refractivity (Wildman–Crippen MR) is 89.9 cm³/mol. The summed E-state index contributed by atoms with van der Waals surface area (Å²) in [6, 6.07) is 6.04. The number of hydrogen-bond acceptors (Lipinski definition) is 5. The Hall–Kier alpha value is -2.09. The van der Waals surface area contributed by atoms with Crippen molar-refractivity contribution in [3.8, 4) is 0 Å². The number of piperidine rings is 1. The van der Waals surface area contributed by atoms with Gasteiger partial charge in [-0.25, -0.2) is 0 Å². The first-order chi connectivity index (χ1) is 11.3. The minimum atomic E-state index is -0.866. The number of nitro groups is 1. The van der Waals surface area contributed by atoms with Gasteiger partial charge >= 0.3 is 5.97 Å². The van der Waals surface area contributed by atoms with E-state index in [0.29, 0.717) is 13.0 Å². The highest BCUT2D eigenvalue weighted by Gasteiger charge is 2.33. The number of nitro benzene ring substituents is 1. The summed E-state index contributed by atoms with van der Waals surface area (Å²) in [4.78, 5) is 36.4. The lowest BCUT2D eigenvalue weighted by atomic mass is 9.90. The van der Waals surface area contributed by atoms with Crippen LogP contribution in [0.4, 0.5) is 5.69 Å². The summed E-state index contributed by atoms with van der Waals surface area (Å²) < 4.78 is 0. The quantitative estimate of drug-likeness (QED) is 0.497. The third-order valence-corrected chi connectivity index (χ3v) is 5.13. The highest BCUT2D eigenvalue weighted by atomic mass is 32.2. The van der Waals surface area contributed by atoms with Crippen LogP contribution in [0.1, 0.15) is 20.3 Å². The standard InChI is InChI=1S/C16H20N2O5S/c1-10-7-12(16(20)21)9-17(8-10)15(19)11(2)24-14-5-3-13(4-6-14)18(22)23/h3-6,10-12H,7-9H2,1-2H3,(H,20,21). The second-order valence-electron chi connectivity index (χ2n) is 6.13. The molecule has 130 valence electrons. The highest BCUT2D eigenvalue weighted by Crippen LogP contribution is 2.29. The maximum Gasteiger partial charge on any atom is 0.308 e. The lowest BCUT2D eigenvalue weighted by Gasteiger charge is -2.36. The van der Waals surface area contributed by atoms with Crippen molar-refractivity contribution in [3.63, 3.8) is 0 Å². The molecule has 7 nitrogen and oxygen atoms in total. The molecular formula is C16H20N2O5S. The Morgan fingerprint density at radius 2 is 1.96 bits per heavy atom. The Morgan fingerprint density at radius 3 is 2.50 bits per heavy atom. The first-order valence-corrected chi connectivity index (χ1v) is 8.58. The van der Waals surface area contributed by atoms with Gasteiger partial charge in [-0.2, -0.15) is 0 Å². The van der Waals surface area contributed by atoms with Gasteiger partial charge in [0.2, 0.25) is 5.91 Å². The van der Waals surface area contributed by atoms with Crippen molar-refractivity contribution in [2.75, 3.05) is 13.1 Å². The van der Waals surface area contributed by atoms with E-state index in [1.54, 1.807) is 24.0 Å². The Morgan fingerprint density at radius 1 is 1.33 bits per heavy atom. The second-order valence-corrected chi connectivity index (χ2v) is 7.54. The normalized spacial score (nSPS) is 22.0. The summed E-state index contributed by atoms with van der Waals surface area (Å²) in [5.74, 6) is -1.33. The van der Waals surface area contributed by atoms with Gasteiger partial charge in [0.25, 0.3) is 5.69 Å². The first kappa shape index (κ1) is 18.3. The Balaban J connectivity index is 2.00. The van der Waals surface area contributed by atoms with Crippen molar-refractivity contribution in [2.24, 2.45) is 11.8 Å². The van der Waals surface area contributed by atoms with E-state index >= 15 is 0 Å². The van der Waals surface area contributed by atoms with Crippen molar-refractivity contribution in [1.29, 1.82) is 0 Å². The van der Waals surface area contributed by atoms with Crippen LogP contribution in [0.25, 0.3) is 0 Å². The monoisotopic (exact) mass is 352 g/mol. The van der Waals surface area contributed by atoms with Gasteiger partial charge in [0.1, 0.15) is 0 Å². The summed E-state index contributed by atoms with van der Waals surface area (Å²) in [7, 11) is 0. The molecule has 1 aromatic carbocycles. The van der Waals surface area contributed by atoms with Crippen LogP contribution >= 0.6 is 11.8 Å². The van der Waals surface area contributed by atoms with Gasteiger partial charge in [0.05, 0.1) is 16.1 Å². The van der Waals surface area contributed by atoms with E-state index in [4.69, 9.17) is 0 Å². The SMILES string of the molecule is CC1CC(C(=O)O)CN(C(=O)C(C)Sc2ccc([N+](=O)[O-])cc2)C1. The molecule has 1 amide bonds. The molecule has 0 bridgehead atoms. The number of likely N-dealkylation sites (tertiary alicyclic amines) is 1. The van der Waals surface area contributed by atoms with E-state index in [2.05, 4.69) is 0 Å². The number of benzene rings is 1. The molecule has 8 heteroatoms. The summed E-state index contributed by atoms with van der Waals surface area (Å²) in [5.41, 5.74) is 0.00693. The number of aliphatic carboxylic acids is 1. The molecule has 0 aromatic heterocycles. The van der Waals surface area contributed by atoms with Crippen LogP contribution in [0.2, 0.25) is 0 Å². The number of carbonyl (C=O) groups excluding carboxylic acids is 1. The van der Waals surface area contributed by atoms with Crippen LogP contribution in [0, 0.1) is 22.0 Å². The number of nitrogens with zero attached hydrogens (tertiary/aromatic N) is 2. The maximum absolute atomic E-state index is 12.6. The van der Waals surface area contributed by atoms with E-state index in [0.717, 1.165) is 4.90 Å². The summed E-state index contributed by atoms with van der Waals surface area (Å²) in [6.45, 7) is 4.52. The van der Waals surface area contributed by atoms with Crippen molar-refractivity contribution in [2.45, 2.75) is 30.4 Å². The zero-order chi connectivity index (χ0) is 17.9. The summed E-state index contributed by atoms with van der Waals surface area (Å²) >= 11 is 1.32. The van der Waals surface area contributed by atoms with E-state index in [-0.39, 0.29) is 29.3 Å². The summed E-state index contributed by atoms with van der Waals surface area (Å²) in [6.07, 6.45) is 0.586. The van der Waals surface area contributed by atoms with Gasteiger partial charge < -0.3 is 10.0 Å². The molecule has 3 atom stereocenters. The topological polar surface area (TPSA) is 101 Å². The third kappa shape index (κ3) is 4.47. The van der Waals surface area contributed by atoms with E-state index < -0.39 is 16.8 Å². The van der Waals surface area contributed by atoms with Crippen LogP contribution in [0.15, 0.2) is 29.2 Å². The molecule has 0 spiro atoms. The van der Waals surface area contributed by atoms with Crippen molar-refractivity contribution in [3.05, 3.63) is 34.4 Å². The van der Waals surface area contributed by atoms with Crippen LogP contribution in [0.5, 0.6) is 0 Å². The average molecular weight is 352 g/mol. The molecule has 24 heavy (non-hydrogen) atoms. The van der Waals surface area contributed by atoms with Gasteiger partial charge in [-0.05, 0) is 31.4 Å². The number of carboxylic acids is 1. The Labute approximate surface area is 144 Å². The maximum atomic E-state index is 12.6. The smallest absolute Gasteiger partial charge is 0.308 e. The van der Waals surface area contributed by atoms with Gasteiger partial charge in [-0.3, -0.25) is 19.7 Å². The lowest BCUT2D eigenvalue weighted by Crippen LogP contribution is -2.48. The largest absolute Gasteiger partial charge is 0.481 e. The second kappa shape index (κ2) is 7.65.